The van der Waals surface area contributed by atoms with Crippen molar-refractivity contribution in [3.63, 3.8) is 0 Å². The maximum atomic E-state index is 12.3. The molecule has 2 N–H and O–H groups in total. The highest BCUT2D eigenvalue weighted by atomic mass is 16.6. The SMILES string of the molecule is O=C(Nc1cccc(NC(=O)C2CC2)c1)c1ccccc1[N+](=O)[O-]. The Bertz CT molecular complexity index is 815. The number of hydrogen-bond donors (Lipinski definition) is 2. The fourth-order valence-electron chi connectivity index (χ4n) is 2.29. The first-order valence-corrected chi connectivity index (χ1v) is 7.50. The molecule has 0 saturated heterocycles. The normalized spacial score (nSPS) is 13.2. The third kappa shape index (κ3) is 3.57. The predicted molar refractivity (Wildman–Crippen MR) is 88.8 cm³/mol. The van der Waals surface area contributed by atoms with Crippen LogP contribution in [0.25, 0.3) is 0 Å². The highest BCUT2D eigenvalue weighted by molar-refractivity contribution is 6.07. The Labute approximate surface area is 137 Å². The van der Waals surface area contributed by atoms with Gasteiger partial charge in [-0.25, -0.2) is 0 Å². The summed E-state index contributed by atoms with van der Waals surface area (Å²) in [7, 11) is 0. The molecule has 0 bridgehead atoms. The molecule has 1 aliphatic rings. The first-order valence-electron chi connectivity index (χ1n) is 7.50. The van der Waals surface area contributed by atoms with E-state index in [0.717, 1.165) is 12.8 Å². The van der Waals surface area contributed by atoms with Crippen molar-refractivity contribution < 1.29 is 14.5 Å². The molecular formula is C17H15N3O4. The fraction of sp³-hybridized carbons (Fsp3) is 0.176. The van der Waals surface area contributed by atoms with E-state index >= 15 is 0 Å². The summed E-state index contributed by atoms with van der Waals surface area (Å²) >= 11 is 0. The Balaban J connectivity index is 1.75. The van der Waals surface area contributed by atoms with E-state index in [1.165, 1.54) is 18.2 Å². The molecule has 122 valence electrons. The summed E-state index contributed by atoms with van der Waals surface area (Å²) in [5.74, 6) is -0.527. The summed E-state index contributed by atoms with van der Waals surface area (Å²) in [6, 6.07) is 12.4. The second-order valence-electron chi connectivity index (χ2n) is 5.57. The molecule has 1 fully saturated rings. The van der Waals surface area contributed by atoms with Crippen LogP contribution in [0.3, 0.4) is 0 Å². The van der Waals surface area contributed by atoms with E-state index in [2.05, 4.69) is 10.6 Å². The van der Waals surface area contributed by atoms with Gasteiger partial charge < -0.3 is 10.6 Å². The molecular weight excluding hydrogens is 310 g/mol. The number of carbonyl (C=O) groups excluding carboxylic acids is 2. The minimum Gasteiger partial charge on any atom is -0.326 e. The average Bonchev–Trinajstić information content (AvgIpc) is 3.40. The zero-order valence-corrected chi connectivity index (χ0v) is 12.7. The predicted octanol–water partition coefficient (Wildman–Crippen LogP) is 3.20. The number of para-hydroxylation sites is 1. The molecule has 0 unspecified atom stereocenters. The molecule has 24 heavy (non-hydrogen) atoms. The number of carbonyl (C=O) groups is 2. The second-order valence-corrected chi connectivity index (χ2v) is 5.57. The van der Waals surface area contributed by atoms with Gasteiger partial charge in [-0.05, 0) is 37.1 Å². The number of nitrogens with zero attached hydrogens (tertiary/aromatic N) is 1. The van der Waals surface area contributed by atoms with Crippen LogP contribution in [-0.2, 0) is 4.79 Å². The first-order chi connectivity index (χ1) is 11.5. The van der Waals surface area contributed by atoms with E-state index in [1.54, 1.807) is 30.3 Å². The lowest BCUT2D eigenvalue weighted by Crippen LogP contribution is -2.15. The van der Waals surface area contributed by atoms with Gasteiger partial charge >= 0.3 is 0 Å². The maximum Gasteiger partial charge on any atom is 0.282 e. The van der Waals surface area contributed by atoms with Crippen molar-refractivity contribution in [3.8, 4) is 0 Å². The molecule has 0 aliphatic heterocycles. The van der Waals surface area contributed by atoms with Crippen LogP contribution in [0.4, 0.5) is 17.1 Å². The highest BCUT2D eigenvalue weighted by Crippen LogP contribution is 2.30. The van der Waals surface area contributed by atoms with Crippen LogP contribution in [0.5, 0.6) is 0 Å². The van der Waals surface area contributed by atoms with E-state index < -0.39 is 10.8 Å². The van der Waals surface area contributed by atoms with Crippen LogP contribution >= 0.6 is 0 Å². The van der Waals surface area contributed by atoms with Crippen LogP contribution in [0.2, 0.25) is 0 Å². The zero-order chi connectivity index (χ0) is 17.1. The summed E-state index contributed by atoms with van der Waals surface area (Å²) < 4.78 is 0. The number of anilines is 2. The molecule has 0 spiro atoms. The average molecular weight is 325 g/mol. The molecule has 2 amide bonds. The molecule has 1 saturated carbocycles. The van der Waals surface area contributed by atoms with Gasteiger partial charge in [0.15, 0.2) is 0 Å². The maximum absolute atomic E-state index is 12.3. The van der Waals surface area contributed by atoms with Gasteiger partial charge in [0.05, 0.1) is 4.92 Å². The zero-order valence-electron chi connectivity index (χ0n) is 12.7. The van der Waals surface area contributed by atoms with Crippen LogP contribution in [-0.4, -0.2) is 16.7 Å². The number of benzene rings is 2. The molecule has 2 aromatic carbocycles. The summed E-state index contributed by atoms with van der Waals surface area (Å²) in [6.45, 7) is 0. The molecule has 1 aliphatic carbocycles. The van der Waals surface area contributed by atoms with Crippen molar-refractivity contribution in [2.75, 3.05) is 10.6 Å². The quantitative estimate of drug-likeness (QED) is 0.651. The largest absolute Gasteiger partial charge is 0.326 e. The van der Waals surface area contributed by atoms with Gasteiger partial charge in [-0.3, -0.25) is 19.7 Å². The van der Waals surface area contributed by atoms with E-state index in [0.29, 0.717) is 11.4 Å². The Morgan fingerprint density at radius 3 is 2.33 bits per heavy atom. The standard InChI is InChI=1S/C17H15N3O4/c21-16(11-8-9-11)18-12-4-3-5-13(10-12)19-17(22)14-6-1-2-7-15(14)20(23)24/h1-7,10-11H,8-9H2,(H,18,21)(H,19,22). The van der Waals surface area contributed by atoms with Crippen LogP contribution in [0, 0.1) is 16.0 Å². The van der Waals surface area contributed by atoms with Gasteiger partial charge in [-0.1, -0.05) is 18.2 Å². The number of nitro groups is 1. The van der Waals surface area contributed by atoms with Crippen molar-refractivity contribution in [1.82, 2.24) is 0 Å². The molecule has 3 rings (SSSR count). The molecule has 7 nitrogen and oxygen atoms in total. The summed E-state index contributed by atoms with van der Waals surface area (Å²) in [4.78, 5) is 34.5. The molecule has 0 heterocycles. The number of nitro benzene ring substituents is 1. The van der Waals surface area contributed by atoms with Crippen LogP contribution < -0.4 is 10.6 Å². The smallest absolute Gasteiger partial charge is 0.282 e. The summed E-state index contributed by atoms with van der Waals surface area (Å²) in [5, 5.41) is 16.4. The Kier molecular flexibility index (Phi) is 4.24. The lowest BCUT2D eigenvalue weighted by molar-refractivity contribution is -0.385. The molecule has 7 heteroatoms. The number of rotatable bonds is 5. The van der Waals surface area contributed by atoms with Gasteiger partial charge in [0, 0.05) is 23.4 Å². The third-order valence-electron chi connectivity index (χ3n) is 3.68. The molecule has 2 aromatic rings. The summed E-state index contributed by atoms with van der Waals surface area (Å²) in [6.07, 6.45) is 1.81. The van der Waals surface area contributed by atoms with Crippen molar-refractivity contribution in [2.24, 2.45) is 5.92 Å². The van der Waals surface area contributed by atoms with Gasteiger partial charge in [-0.15, -0.1) is 0 Å². The Morgan fingerprint density at radius 2 is 1.67 bits per heavy atom. The lowest BCUT2D eigenvalue weighted by atomic mass is 10.1. The number of amides is 2. The van der Waals surface area contributed by atoms with E-state index in [1.807, 2.05) is 0 Å². The van der Waals surface area contributed by atoms with E-state index in [-0.39, 0.29) is 23.1 Å². The minimum atomic E-state index is -0.596. The van der Waals surface area contributed by atoms with Crippen molar-refractivity contribution in [2.45, 2.75) is 12.8 Å². The lowest BCUT2D eigenvalue weighted by Gasteiger charge is -2.09. The second kappa shape index (κ2) is 6.49. The van der Waals surface area contributed by atoms with Crippen molar-refractivity contribution in [1.29, 1.82) is 0 Å². The Hall–Kier alpha value is -3.22. The van der Waals surface area contributed by atoms with Crippen LogP contribution in [0.1, 0.15) is 23.2 Å². The highest BCUT2D eigenvalue weighted by Gasteiger charge is 2.29. The van der Waals surface area contributed by atoms with Crippen molar-refractivity contribution >= 4 is 28.9 Å². The minimum absolute atomic E-state index is 0.0186. The number of hydrogen-bond acceptors (Lipinski definition) is 4. The first kappa shape index (κ1) is 15.7. The van der Waals surface area contributed by atoms with Gasteiger partial charge in [0.1, 0.15) is 5.56 Å². The van der Waals surface area contributed by atoms with Crippen LogP contribution in [0.15, 0.2) is 48.5 Å². The molecule has 0 atom stereocenters. The number of nitrogens with one attached hydrogen (secondary N) is 2. The third-order valence-corrected chi connectivity index (χ3v) is 3.68. The van der Waals surface area contributed by atoms with Gasteiger partial charge in [0.25, 0.3) is 11.6 Å². The Morgan fingerprint density at radius 1 is 1.00 bits per heavy atom. The monoisotopic (exact) mass is 325 g/mol. The molecule has 0 radical (unpaired) electrons. The van der Waals surface area contributed by atoms with Crippen molar-refractivity contribution in [3.05, 3.63) is 64.2 Å². The van der Waals surface area contributed by atoms with E-state index in [9.17, 15) is 19.7 Å². The van der Waals surface area contributed by atoms with Gasteiger partial charge in [0.2, 0.25) is 5.91 Å². The summed E-state index contributed by atoms with van der Waals surface area (Å²) in [5.41, 5.74) is 0.752. The van der Waals surface area contributed by atoms with E-state index in [4.69, 9.17) is 0 Å². The molecule has 0 aromatic heterocycles. The topological polar surface area (TPSA) is 101 Å². The fourth-order valence-corrected chi connectivity index (χ4v) is 2.29. The van der Waals surface area contributed by atoms with Gasteiger partial charge in [-0.2, -0.15) is 0 Å².